The van der Waals surface area contributed by atoms with Crippen molar-refractivity contribution in [1.82, 2.24) is 9.80 Å². The smallest absolute Gasteiger partial charge is 0.245 e. The molecule has 0 aliphatic carbocycles. The van der Waals surface area contributed by atoms with Crippen LogP contribution >= 0.6 is 0 Å². The zero-order valence-electron chi connectivity index (χ0n) is 15.5. The van der Waals surface area contributed by atoms with Gasteiger partial charge >= 0.3 is 0 Å². The first-order valence-electron chi connectivity index (χ1n) is 9.25. The van der Waals surface area contributed by atoms with Crippen LogP contribution in [0.1, 0.15) is 43.7 Å². The van der Waals surface area contributed by atoms with E-state index in [-0.39, 0.29) is 24.0 Å². The molecule has 1 aromatic carbocycles. The van der Waals surface area contributed by atoms with Gasteiger partial charge in [-0.25, -0.2) is 0 Å². The van der Waals surface area contributed by atoms with Gasteiger partial charge in [-0.3, -0.25) is 9.59 Å². The number of rotatable bonds is 3. The van der Waals surface area contributed by atoms with Gasteiger partial charge in [0.1, 0.15) is 17.9 Å². The molecule has 0 N–H and O–H groups in total. The lowest BCUT2D eigenvalue weighted by molar-refractivity contribution is -0.144. The van der Waals surface area contributed by atoms with E-state index in [4.69, 9.17) is 4.74 Å². The van der Waals surface area contributed by atoms with E-state index in [9.17, 15) is 9.59 Å². The fraction of sp³-hybridized carbons (Fsp3) is 0.600. The molecule has 1 aromatic rings. The second kappa shape index (κ2) is 7.46. The Kier molecular flexibility index (Phi) is 5.30. The average Bonchev–Trinajstić information content (AvgIpc) is 3.08. The SMILES string of the molecule is CC(=O)N1CCC[C@H]1C(=O)N1CCC(Oc2cc(C)ccc2C)CC1. The fourth-order valence-electron chi connectivity index (χ4n) is 3.82. The van der Waals surface area contributed by atoms with E-state index in [1.807, 2.05) is 4.90 Å². The summed E-state index contributed by atoms with van der Waals surface area (Å²) >= 11 is 0. The maximum absolute atomic E-state index is 12.8. The average molecular weight is 344 g/mol. The summed E-state index contributed by atoms with van der Waals surface area (Å²) in [6.45, 7) is 7.79. The van der Waals surface area contributed by atoms with Crippen LogP contribution in [0.4, 0.5) is 0 Å². The number of hydrogen-bond donors (Lipinski definition) is 0. The van der Waals surface area contributed by atoms with Crippen LogP contribution in [-0.2, 0) is 9.59 Å². The molecule has 0 aromatic heterocycles. The maximum Gasteiger partial charge on any atom is 0.245 e. The Labute approximate surface area is 149 Å². The van der Waals surface area contributed by atoms with Crippen molar-refractivity contribution in [3.8, 4) is 5.75 Å². The summed E-state index contributed by atoms with van der Waals surface area (Å²) in [6, 6.07) is 6.00. The molecule has 0 unspecified atom stereocenters. The quantitative estimate of drug-likeness (QED) is 0.847. The number of hydrogen-bond acceptors (Lipinski definition) is 3. The third-order valence-electron chi connectivity index (χ3n) is 5.33. The number of ether oxygens (including phenoxy) is 1. The van der Waals surface area contributed by atoms with Crippen molar-refractivity contribution < 1.29 is 14.3 Å². The molecule has 0 radical (unpaired) electrons. The fourth-order valence-corrected chi connectivity index (χ4v) is 3.82. The van der Waals surface area contributed by atoms with Gasteiger partial charge < -0.3 is 14.5 Å². The molecule has 25 heavy (non-hydrogen) atoms. The van der Waals surface area contributed by atoms with Crippen LogP contribution in [0.25, 0.3) is 0 Å². The molecule has 3 rings (SSSR count). The predicted molar refractivity (Wildman–Crippen MR) is 96.6 cm³/mol. The van der Waals surface area contributed by atoms with Crippen LogP contribution in [0, 0.1) is 13.8 Å². The van der Waals surface area contributed by atoms with Crippen molar-refractivity contribution in [1.29, 1.82) is 0 Å². The minimum atomic E-state index is -0.256. The van der Waals surface area contributed by atoms with Crippen molar-refractivity contribution in [3.63, 3.8) is 0 Å². The van der Waals surface area contributed by atoms with Gasteiger partial charge in [0, 0.05) is 39.4 Å². The van der Waals surface area contributed by atoms with E-state index < -0.39 is 0 Å². The molecule has 2 amide bonds. The van der Waals surface area contributed by atoms with Crippen LogP contribution in [0.2, 0.25) is 0 Å². The minimum absolute atomic E-state index is 0.00370. The first kappa shape index (κ1) is 17.8. The number of piperidine rings is 1. The Morgan fingerprint density at radius 3 is 2.48 bits per heavy atom. The highest BCUT2D eigenvalue weighted by Gasteiger charge is 2.36. The second-order valence-electron chi connectivity index (χ2n) is 7.28. The zero-order chi connectivity index (χ0) is 18.0. The molecule has 136 valence electrons. The minimum Gasteiger partial charge on any atom is -0.490 e. The zero-order valence-corrected chi connectivity index (χ0v) is 15.5. The topological polar surface area (TPSA) is 49.9 Å². The number of benzene rings is 1. The summed E-state index contributed by atoms with van der Waals surface area (Å²) in [5.41, 5.74) is 2.34. The third kappa shape index (κ3) is 3.97. The number of carbonyl (C=O) groups is 2. The Morgan fingerprint density at radius 1 is 1.08 bits per heavy atom. The van der Waals surface area contributed by atoms with Crippen LogP contribution in [0.15, 0.2) is 18.2 Å². The lowest BCUT2D eigenvalue weighted by Gasteiger charge is -2.35. The summed E-state index contributed by atoms with van der Waals surface area (Å²) in [6.07, 6.45) is 3.54. The van der Waals surface area contributed by atoms with Gasteiger partial charge in [-0.1, -0.05) is 12.1 Å². The molecule has 5 heteroatoms. The van der Waals surface area contributed by atoms with Crippen LogP contribution in [0.3, 0.4) is 0 Å². The van der Waals surface area contributed by atoms with E-state index in [0.717, 1.165) is 37.0 Å². The molecular formula is C20H28N2O3. The van der Waals surface area contributed by atoms with E-state index in [1.54, 1.807) is 11.8 Å². The molecule has 2 aliphatic rings. The van der Waals surface area contributed by atoms with Gasteiger partial charge in [-0.05, 0) is 43.9 Å². The van der Waals surface area contributed by atoms with Crippen molar-refractivity contribution in [2.75, 3.05) is 19.6 Å². The van der Waals surface area contributed by atoms with Crippen LogP contribution < -0.4 is 4.74 Å². The van der Waals surface area contributed by atoms with Gasteiger partial charge in [-0.2, -0.15) is 0 Å². The first-order chi connectivity index (χ1) is 12.0. The summed E-state index contributed by atoms with van der Waals surface area (Å²) < 4.78 is 6.18. The van der Waals surface area contributed by atoms with Gasteiger partial charge in [-0.15, -0.1) is 0 Å². The van der Waals surface area contributed by atoms with Crippen LogP contribution in [0.5, 0.6) is 5.75 Å². The van der Waals surface area contributed by atoms with Crippen molar-refractivity contribution in [2.24, 2.45) is 0 Å². The standard InChI is InChI=1S/C20H28N2O3/c1-14-6-7-15(2)19(13-14)25-17-8-11-21(12-9-17)20(24)18-5-4-10-22(18)16(3)23/h6-7,13,17-18H,4-5,8-12H2,1-3H3/t18-/m0/s1. The van der Waals surface area contributed by atoms with E-state index in [1.165, 1.54) is 5.56 Å². The lowest BCUT2D eigenvalue weighted by Crippen LogP contribution is -2.50. The van der Waals surface area contributed by atoms with E-state index in [0.29, 0.717) is 19.6 Å². The second-order valence-corrected chi connectivity index (χ2v) is 7.28. The van der Waals surface area contributed by atoms with Gasteiger partial charge in [0.15, 0.2) is 0 Å². The molecule has 0 saturated carbocycles. The van der Waals surface area contributed by atoms with Gasteiger partial charge in [0.25, 0.3) is 0 Å². The molecule has 2 heterocycles. The van der Waals surface area contributed by atoms with E-state index in [2.05, 4.69) is 32.0 Å². The normalized spacial score (nSPS) is 21.5. The van der Waals surface area contributed by atoms with Crippen molar-refractivity contribution >= 4 is 11.8 Å². The summed E-state index contributed by atoms with van der Waals surface area (Å²) in [5, 5.41) is 0. The molecule has 2 aliphatic heterocycles. The number of carbonyl (C=O) groups excluding carboxylic acids is 2. The highest BCUT2D eigenvalue weighted by Crippen LogP contribution is 2.25. The molecule has 0 bridgehead atoms. The van der Waals surface area contributed by atoms with Gasteiger partial charge in [0.2, 0.25) is 11.8 Å². The monoisotopic (exact) mass is 344 g/mol. The number of amides is 2. The number of aryl methyl sites for hydroxylation is 2. The first-order valence-corrected chi connectivity index (χ1v) is 9.25. The number of nitrogens with zero attached hydrogens (tertiary/aromatic N) is 2. The number of likely N-dealkylation sites (tertiary alicyclic amines) is 2. The summed E-state index contributed by atoms with van der Waals surface area (Å²) in [7, 11) is 0. The largest absolute Gasteiger partial charge is 0.490 e. The molecular weight excluding hydrogens is 316 g/mol. The molecule has 2 fully saturated rings. The molecule has 5 nitrogen and oxygen atoms in total. The highest BCUT2D eigenvalue weighted by molar-refractivity contribution is 5.87. The Morgan fingerprint density at radius 2 is 1.80 bits per heavy atom. The van der Waals surface area contributed by atoms with Gasteiger partial charge in [0.05, 0.1) is 0 Å². The van der Waals surface area contributed by atoms with E-state index >= 15 is 0 Å². The molecule has 2 saturated heterocycles. The maximum atomic E-state index is 12.8. The van der Waals surface area contributed by atoms with Crippen molar-refractivity contribution in [3.05, 3.63) is 29.3 Å². The van der Waals surface area contributed by atoms with Crippen LogP contribution in [-0.4, -0.2) is 53.4 Å². The highest BCUT2D eigenvalue weighted by atomic mass is 16.5. The Balaban J connectivity index is 1.55. The third-order valence-corrected chi connectivity index (χ3v) is 5.33. The van der Waals surface area contributed by atoms with Crippen molar-refractivity contribution in [2.45, 2.75) is 58.6 Å². The molecule has 1 atom stereocenters. The summed E-state index contributed by atoms with van der Waals surface area (Å²) in [5.74, 6) is 1.06. The Bertz CT molecular complexity index is 650. The predicted octanol–water partition coefficient (Wildman–Crippen LogP) is 2.68. The lowest BCUT2D eigenvalue weighted by atomic mass is 10.1. The Hall–Kier alpha value is -2.04. The summed E-state index contributed by atoms with van der Waals surface area (Å²) in [4.78, 5) is 28.1. The molecule has 0 spiro atoms.